The van der Waals surface area contributed by atoms with Crippen LogP contribution in [0.25, 0.3) is 10.9 Å². The molecular formula is C21H23ClFN3O2. The Morgan fingerprint density at radius 1 is 1.21 bits per heavy atom. The summed E-state index contributed by atoms with van der Waals surface area (Å²) < 4.78 is 19.7. The molecule has 0 aliphatic carbocycles. The topological polar surface area (TPSA) is 70.2 Å². The number of ether oxygens (including phenoxy) is 1. The molecule has 2 aromatic carbocycles. The first-order valence-corrected chi connectivity index (χ1v) is 9.81. The van der Waals surface area contributed by atoms with Crippen LogP contribution in [0.4, 0.5) is 4.39 Å². The smallest absolute Gasteiger partial charge is 0.123 e. The minimum Gasteiger partial charge on any atom is -0.393 e. The average molecular weight is 404 g/mol. The van der Waals surface area contributed by atoms with Crippen molar-refractivity contribution in [1.29, 1.82) is 0 Å². The standard InChI is InChI=1S/C21H23ClFN3O2/c22-16-9-14-11-25-26-20(14)18(10-16)19(12-27)28-13-21(5-7-24-8-6-21)15-1-3-17(23)4-2-15/h1-4,9-11,19,24,27H,5-8,12-13H2,(H,25,26). The lowest BCUT2D eigenvalue weighted by Gasteiger charge is -2.39. The van der Waals surface area contributed by atoms with Crippen molar-refractivity contribution >= 4 is 22.5 Å². The van der Waals surface area contributed by atoms with Crippen molar-refractivity contribution < 1.29 is 14.2 Å². The first-order valence-electron chi connectivity index (χ1n) is 9.43. The SMILES string of the molecule is OCC(OCC1(c2ccc(F)cc2)CCNCC1)c1cc(Cl)cc2cn[nH]c12. The van der Waals surface area contributed by atoms with Crippen molar-refractivity contribution in [3.05, 3.63) is 64.6 Å². The maximum Gasteiger partial charge on any atom is 0.123 e. The molecule has 1 atom stereocenters. The van der Waals surface area contributed by atoms with E-state index in [1.54, 1.807) is 12.3 Å². The largest absolute Gasteiger partial charge is 0.393 e. The van der Waals surface area contributed by atoms with Crippen LogP contribution >= 0.6 is 11.6 Å². The fraction of sp³-hybridized carbons (Fsp3) is 0.381. The molecule has 28 heavy (non-hydrogen) atoms. The van der Waals surface area contributed by atoms with Gasteiger partial charge in [0.25, 0.3) is 0 Å². The number of nitrogens with one attached hydrogen (secondary N) is 2. The van der Waals surface area contributed by atoms with Crippen LogP contribution in [-0.2, 0) is 10.2 Å². The lowest BCUT2D eigenvalue weighted by Crippen LogP contribution is -2.43. The average Bonchev–Trinajstić information content (AvgIpc) is 3.18. The fourth-order valence-electron chi connectivity index (χ4n) is 4.03. The molecule has 148 valence electrons. The van der Waals surface area contributed by atoms with Gasteiger partial charge in [0.15, 0.2) is 0 Å². The molecule has 1 aromatic heterocycles. The molecule has 1 aliphatic heterocycles. The predicted octanol–water partition coefficient (Wildman–Crippen LogP) is 3.73. The molecule has 5 nitrogen and oxygen atoms in total. The van der Waals surface area contributed by atoms with Crippen molar-refractivity contribution in [3.8, 4) is 0 Å². The van der Waals surface area contributed by atoms with Gasteiger partial charge in [-0.2, -0.15) is 5.10 Å². The third-order valence-corrected chi connectivity index (χ3v) is 5.85. The molecule has 3 aromatic rings. The van der Waals surface area contributed by atoms with Crippen LogP contribution in [0.2, 0.25) is 5.02 Å². The van der Waals surface area contributed by atoms with Crippen LogP contribution in [0.15, 0.2) is 42.6 Å². The molecule has 2 heterocycles. The van der Waals surface area contributed by atoms with Gasteiger partial charge < -0.3 is 15.2 Å². The van der Waals surface area contributed by atoms with E-state index in [2.05, 4.69) is 15.5 Å². The van der Waals surface area contributed by atoms with Crippen LogP contribution in [0.3, 0.4) is 0 Å². The number of hydrogen-bond acceptors (Lipinski definition) is 4. The number of aliphatic hydroxyl groups excluding tert-OH is 1. The molecule has 1 fully saturated rings. The second-order valence-electron chi connectivity index (χ2n) is 7.35. The van der Waals surface area contributed by atoms with Crippen LogP contribution in [0, 0.1) is 5.82 Å². The Hall–Kier alpha value is -1.99. The highest BCUT2D eigenvalue weighted by molar-refractivity contribution is 6.31. The molecule has 0 amide bonds. The van der Waals surface area contributed by atoms with E-state index >= 15 is 0 Å². The number of fused-ring (bicyclic) bond motifs is 1. The van der Waals surface area contributed by atoms with Gasteiger partial charge in [-0.3, -0.25) is 5.10 Å². The van der Waals surface area contributed by atoms with E-state index in [4.69, 9.17) is 16.3 Å². The highest BCUT2D eigenvalue weighted by atomic mass is 35.5. The van der Waals surface area contributed by atoms with Gasteiger partial charge in [-0.25, -0.2) is 4.39 Å². The molecule has 4 rings (SSSR count). The zero-order valence-electron chi connectivity index (χ0n) is 15.4. The maximum atomic E-state index is 13.4. The normalized spacial score (nSPS) is 17.7. The Balaban J connectivity index is 1.62. The van der Waals surface area contributed by atoms with Gasteiger partial charge in [0.1, 0.15) is 11.9 Å². The summed E-state index contributed by atoms with van der Waals surface area (Å²) in [6, 6.07) is 10.3. The molecule has 1 saturated heterocycles. The van der Waals surface area contributed by atoms with Crippen molar-refractivity contribution in [1.82, 2.24) is 15.5 Å². The Kier molecular flexibility index (Phi) is 5.64. The molecule has 0 spiro atoms. The summed E-state index contributed by atoms with van der Waals surface area (Å²) in [6.07, 6.45) is 2.93. The van der Waals surface area contributed by atoms with Crippen molar-refractivity contribution in [2.75, 3.05) is 26.3 Å². The van der Waals surface area contributed by atoms with E-state index in [1.807, 2.05) is 18.2 Å². The minimum atomic E-state index is -0.533. The number of H-pyrrole nitrogens is 1. The highest BCUT2D eigenvalue weighted by Gasteiger charge is 2.35. The second kappa shape index (κ2) is 8.17. The van der Waals surface area contributed by atoms with Crippen molar-refractivity contribution in [2.45, 2.75) is 24.4 Å². The monoisotopic (exact) mass is 403 g/mol. The molecule has 7 heteroatoms. The second-order valence-corrected chi connectivity index (χ2v) is 7.79. The molecule has 0 radical (unpaired) electrons. The fourth-order valence-corrected chi connectivity index (χ4v) is 4.26. The van der Waals surface area contributed by atoms with Gasteiger partial charge in [0.2, 0.25) is 0 Å². The number of hydrogen-bond donors (Lipinski definition) is 3. The number of benzene rings is 2. The maximum absolute atomic E-state index is 13.4. The first kappa shape index (κ1) is 19.3. The van der Waals surface area contributed by atoms with Crippen LogP contribution < -0.4 is 5.32 Å². The number of aliphatic hydroxyl groups is 1. The predicted molar refractivity (Wildman–Crippen MR) is 107 cm³/mol. The van der Waals surface area contributed by atoms with E-state index in [0.717, 1.165) is 48.0 Å². The third-order valence-electron chi connectivity index (χ3n) is 5.63. The minimum absolute atomic E-state index is 0.174. The quantitative estimate of drug-likeness (QED) is 0.586. The van der Waals surface area contributed by atoms with E-state index in [0.29, 0.717) is 11.6 Å². The van der Waals surface area contributed by atoms with E-state index in [9.17, 15) is 9.50 Å². The number of nitrogens with zero attached hydrogens (tertiary/aromatic N) is 1. The molecule has 0 bridgehead atoms. The van der Waals surface area contributed by atoms with Crippen molar-refractivity contribution in [3.63, 3.8) is 0 Å². The summed E-state index contributed by atoms with van der Waals surface area (Å²) >= 11 is 6.25. The van der Waals surface area contributed by atoms with Gasteiger partial charge >= 0.3 is 0 Å². The zero-order chi connectivity index (χ0) is 19.6. The summed E-state index contributed by atoms with van der Waals surface area (Å²) in [7, 11) is 0. The zero-order valence-corrected chi connectivity index (χ0v) is 16.2. The number of halogens is 2. The molecular weight excluding hydrogens is 381 g/mol. The summed E-state index contributed by atoms with van der Waals surface area (Å²) in [5.41, 5.74) is 2.43. The van der Waals surface area contributed by atoms with E-state index < -0.39 is 6.10 Å². The third kappa shape index (κ3) is 3.78. The van der Waals surface area contributed by atoms with Crippen LogP contribution in [0.5, 0.6) is 0 Å². The van der Waals surface area contributed by atoms with Crippen LogP contribution in [-0.4, -0.2) is 41.6 Å². The highest BCUT2D eigenvalue weighted by Crippen LogP contribution is 2.36. The Labute approximate surface area is 167 Å². The number of aromatic nitrogens is 2. The Morgan fingerprint density at radius 2 is 1.96 bits per heavy atom. The number of aromatic amines is 1. The summed E-state index contributed by atoms with van der Waals surface area (Å²) in [6.45, 7) is 1.98. The van der Waals surface area contributed by atoms with Gasteiger partial charge in [0, 0.05) is 21.4 Å². The summed E-state index contributed by atoms with van der Waals surface area (Å²) in [4.78, 5) is 0. The van der Waals surface area contributed by atoms with Gasteiger partial charge in [-0.05, 0) is 55.8 Å². The van der Waals surface area contributed by atoms with Gasteiger partial charge in [-0.1, -0.05) is 23.7 Å². The number of piperidine rings is 1. The molecule has 1 aliphatic rings. The Morgan fingerprint density at radius 3 is 2.68 bits per heavy atom. The molecule has 1 unspecified atom stereocenters. The van der Waals surface area contributed by atoms with E-state index in [1.165, 1.54) is 12.1 Å². The molecule has 0 saturated carbocycles. The van der Waals surface area contributed by atoms with Gasteiger partial charge in [0.05, 0.1) is 24.9 Å². The number of rotatable bonds is 6. The van der Waals surface area contributed by atoms with Crippen molar-refractivity contribution in [2.24, 2.45) is 0 Å². The van der Waals surface area contributed by atoms with E-state index in [-0.39, 0.29) is 17.8 Å². The lowest BCUT2D eigenvalue weighted by atomic mass is 9.74. The summed E-state index contributed by atoms with van der Waals surface area (Å²) in [5.74, 6) is -0.248. The molecule has 3 N–H and O–H groups in total. The first-order chi connectivity index (χ1) is 13.6. The summed E-state index contributed by atoms with van der Waals surface area (Å²) in [5, 5.41) is 21.9. The van der Waals surface area contributed by atoms with Crippen LogP contribution in [0.1, 0.15) is 30.1 Å². The van der Waals surface area contributed by atoms with Gasteiger partial charge in [-0.15, -0.1) is 0 Å². The lowest BCUT2D eigenvalue weighted by molar-refractivity contribution is -0.0208. The Bertz CT molecular complexity index is 938.